The van der Waals surface area contributed by atoms with E-state index in [9.17, 15) is 5.11 Å². The van der Waals surface area contributed by atoms with Gasteiger partial charge in [-0.1, -0.05) is 41.6 Å². The molecule has 1 atom stereocenters. The van der Waals surface area contributed by atoms with E-state index in [2.05, 4.69) is 4.98 Å². The van der Waals surface area contributed by atoms with Crippen LogP contribution in [0.3, 0.4) is 0 Å². The molecule has 1 heterocycles. The molecule has 0 aliphatic carbocycles. The zero-order valence-electron chi connectivity index (χ0n) is 9.30. The molecule has 1 N–H and O–H groups in total. The Morgan fingerprint density at radius 3 is 2.59 bits per heavy atom. The molecule has 2 rings (SSSR count). The molecular weight excluding hydrogens is 254 g/mol. The van der Waals surface area contributed by atoms with Crippen molar-refractivity contribution in [2.24, 2.45) is 0 Å². The summed E-state index contributed by atoms with van der Waals surface area (Å²) in [6, 6.07) is 11.4. The smallest absolute Gasteiger partial charge is 0.101 e. The van der Waals surface area contributed by atoms with E-state index in [1.165, 1.54) is 11.8 Å². The first-order valence-corrected chi connectivity index (χ1v) is 6.42. The highest BCUT2D eigenvalue weighted by Gasteiger charge is 2.04. The first-order valence-electron chi connectivity index (χ1n) is 5.23. The number of halogens is 1. The molecule has 1 unspecified atom stereocenters. The average molecular weight is 266 g/mol. The van der Waals surface area contributed by atoms with Gasteiger partial charge < -0.3 is 5.11 Å². The van der Waals surface area contributed by atoms with Gasteiger partial charge in [0.1, 0.15) is 5.03 Å². The molecule has 0 saturated carbocycles. The zero-order valence-corrected chi connectivity index (χ0v) is 10.9. The third-order valence-corrected chi connectivity index (χ3v) is 3.76. The molecule has 2 aromatic rings. The molecule has 0 bridgehead atoms. The van der Waals surface area contributed by atoms with E-state index < -0.39 is 6.10 Å². The molecule has 0 radical (unpaired) electrons. The highest BCUT2D eigenvalue weighted by molar-refractivity contribution is 7.99. The van der Waals surface area contributed by atoms with Gasteiger partial charge in [0.15, 0.2) is 0 Å². The highest BCUT2D eigenvalue weighted by atomic mass is 35.5. The van der Waals surface area contributed by atoms with Gasteiger partial charge in [0.25, 0.3) is 0 Å². The van der Waals surface area contributed by atoms with E-state index in [1.807, 2.05) is 36.4 Å². The monoisotopic (exact) mass is 265 g/mol. The molecule has 88 valence electrons. The molecule has 0 spiro atoms. The summed E-state index contributed by atoms with van der Waals surface area (Å²) in [5.41, 5.74) is 0.813. The third-order valence-electron chi connectivity index (χ3n) is 2.29. The van der Waals surface area contributed by atoms with Crippen LogP contribution < -0.4 is 0 Å². The van der Waals surface area contributed by atoms with Crippen molar-refractivity contribution < 1.29 is 5.11 Å². The Morgan fingerprint density at radius 2 is 2.00 bits per heavy atom. The summed E-state index contributed by atoms with van der Waals surface area (Å²) in [6.45, 7) is 1.72. The third kappa shape index (κ3) is 3.22. The number of rotatable bonds is 3. The van der Waals surface area contributed by atoms with Crippen molar-refractivity contribution in [3.05, 3.63) is 53.2 Å². The summed E-state index contributed by atoms with van der Waals surface area (Å²) in [6.07, 6.45) is 1.20. The lowest BCUT2D eigenvalue weighted by molar-refractivity contribution is 0.198. The molecule has 1 aromatic heterocycles. The minimum absolute atomic E-state index is 0.484. The summed E-state index contributed by atoms with van der Waals surface area (Å²) in [7, 11) is 0. The number of hydrogen-bond acceptors (Lipinski definition) is 3. The largest absolute Gasteiger partial charge is 0.389 e. The first kappa shape index (κ1) is 12.4. The lowest BCUT2D eigenvalue weighted by Crippen LogP contribution is -1.92. The molecular formula is C13H12ClNOS. The lowest BCUT2D eigenvalue weighted by Gasteiger charge is -2.06. The lowest BCUT2D eigenvalue weighted by atomic mass is 10.2. The zero-order chi connectivity index (χ0) is 12.3. The van der Waals surface area contributed by atoms with Crippen LogP contribution in [-0.4, -0.2) is 10.1 Å². The van der Waals surface area contributed by atoms with Crippen molar-refractivity contribution in [2.45, 2.75) is 22.9 Å². The standard InChI is InChI=1S/C13H12ClNOS/c1-9(16)10-6-7-13(15-8-10)17-12-5-3-2-4-11(12)14/h2-9,16H,1H3. The van der Waals surface area contributed by atoms with Crippen molar-refractivity contribution in [2.75, 3.05) is 0 Å². The molecule has 17 heavy (non-hydrogen) atoms. The van der Waals surface area contributed by atoms with Gasteiger partial charge >= 0.3 is 0 Å². The summed E-state index contributed by atoms with van der Waals surface area (Å²) in [4.78, 5) is 5.26. The second-order valence-electron chi connectivity index (χ2n) is 3.64. The predicted molar refractivity (Wildman–Crippen MR) is 70.4 cm³/mol. The quantitative estimate of drug-likeness (QED) is 0.913. The Bertz CT molecular complexity index is 499. The molecule has 2 nitrogen and oxygen atoms in total. The average Bonchev–Trinajstić information content (AvgIpc) is 2.33. The number of pyridine rings is 1. The molecule has 0 aliphatic rings. The van der Waals surface area contributed by atoms with Crippen molar-refractivity contribution >= 4 is 23.4 Å². The van der Waals surface area contributed by atoms with Gasteiger partial charge in [0, 0.05) is 11.1 Å². The van der Waals surface area contributed by atoms with Crippen LogP contribution in [0.1, 0.15) is 18.6 Å². The van der Waals surface area contributed by atoms with Gasteiger partial charge in [-0.15, -0.1) is 0 Å². The summed E-state index contributed by atoms with van der Waals surface area (Å²) in [5.74, 6) is 0. The second-order valence-corrected chi connectivity index (χ2v) is 5.11. The first-order chi connectivity index (χ1) is 8.16. The van der Waals surface area contributed by atoms with Gasteiger partial charge in [-0.3, -0.25) is 0 Å². The molecule has 0 saturated heterocycles. The Morgan fingerprint density at radius 1 is 1.24 bits per heavy atom. The van der Waals surface area contributed by atoms with Crippen LogP contribution in [0.25, 0.3) is 0 Å². The predicted octanol–water partition coefficient (Wildman–Crippen LogP) is 3.94. The van der Waals surface area contributed by atoms with Gasteiger partial charge in [0.2, 0.25) is 0 Å². The second kappa shape index (κ2) is 5.54. The molecule has 1 aromatic carbocycles. The van der Waals surface area contributed by atoms with Crippen LogP contribution >= 0.6 is 23.4 Å². The van der Waals surface area contributed by atoms with E-state index in [1.54, 1.807) is 13.1 Å². The normalized spacial score (nSPS) is 12.4. The summed E-state index contributed by atoms with van der Waals surface area (Å²) < 4.78 is 0. The Balaban J connectivity index is 2.17. The van der Waals surface area contributed by atoms with Crippen LogP contribution in [0.2, 0.25) is 5.02 Å². The Hall–Kier alpha value is -1.03. The van der Waals surface area contributed by atoms with Crippen molar-refractivity contribution in [3.63, 3.8) is 0 Å². The van der Waals surface area contributed by atoms with E-state index in [-0.39, 0.29) is 0 Å². The number of aliphatic hydroxyl groups is 1. The molecule has 0 aliphatic heterocycles. The van der Waals surface area contributed by atoms with Crippen LogP contribution in [0.15, 0.2) is 52.5 Å². The van der Waals surface area contributed by atoms with E-state index >= 15 is 0 Å². The summed E-state index contributed by atoms with van der Waals surface area (Å²) >= 11 is 7.58. The molecule has 4 heteroatoms. The number of nitrogens with zero attached hydrogens (tertiary/aromatic N) is 1. The van der Waals surface area contributed by atoms with E-state index in [0.717, 1.165) is 20.5 Å². The fourth-order valence-electron chi connectivity index (χ4n) is 1.34. The fourth-order valence-corrected chi connectivity index (χ4v) is 2.37. The maximum Gasteiger partial charge on any atom is 0.101 e. The molecule has 0 fully saturated rings. The van der Waals surface area contributed by atoms with Gasteiger partial charge in [0.05, 0.1) is 11.1 Å². The van der Waals surface area contributed by atoms with Crippen molar-refractivity contribution in [1.82, 2.24) is 4.98 Å². The van der Waals surface area contributed by atoms with Crippen LogP contribution in [0, 0.1) is 0 Å². The summed E-state index contributed by atoms with van der Waals surface area (Å²) in [5, 5.41) is 11.0. The number of aliphatic hydroxyl groups excluding tert-OH is 1. The SMILES string of the molecule is CC(O)c1ccc(Sc2ccccc2Cl)nc1. The number of hydrogen-bond donors (Lipinski definition) is 1. The maximum atomic E-state index is 9.38. The highest BCUT2D eigenvalue weighted by Crippen LogP contribution is 2.31. The maximum absolute atomic E-state index is 9.38. The van der Waals surface area contributed by atoms with Gasteiger partial charge in [-0.05, 0) is 30.7 Å². The fraction of sp³-hybridized carbons (Fsp3) is 0.154. The van der Waals surface area contributed by atoms with E-state index in [0.29, 0.717) is 0 Å². The van der Waals surface area contributed by atoms with Crippen molar-refractivity contribution in [1.29, 1.82) is 0 Å². The number of aromatic nitrogens is 1. The van der Waals surface area contributed by atoms with Crippen LogP contribution in [0.4, 0.5) is 0 Å². The Kier molecular flexibility index (Phi) is 4.05. The molecule has 0 amide bonds. The van der Waals surface area contributed by atoms with Crippen LogP contribution in [0.5, 0.6) is 0 Å². The minimum Gasteiger partial charge on any atom is -0.389 e. The number of benzene rings is 1. The van der Waals surface area contributed by atoms with E-state index in [4.69, 9.17) is 11.6 Å². The van der Waals surface area contributed by atoms with Gasteiger partial charge in [-0.25, -0.2) is 4.98 Å². The topological polar surface area (TPSA) is 33.1 Å². The Labute approximate surface area is 110 Å². The van der Waals surface area contributed by atoms with Crippen molar-refractivity contribution in [3.8, 4) is 0 Å². The minimum atomic E-state index is -0.484. The van der Waals surface area contributed by atoms with Crippen LogP contribution in [-0.2, 0) is 0 Å². The van der Waals surface area contributed by atoms with Gasteiger partial charge in [-0.2, -0.15) is 0 Å².